The summed E-state index contributed by atoms with van der Waals surface area (Å²) in [6, 6.07) is 8.26. The van der Waals surface area contributed by atoms with Crippen molar-refractivity contribution in [1.29, 1.82) is 5.26 Å². The average Bonchev–Trinajstić information content (AvgIpc) is 3.34. The summed E-state index contributed by atoms with van der Waals surface area (Å²) in [6.45, 7) is 3.42. The first-order chi connectivity index (χ1) is 13.4. The summed E-state index contributed by atoms with van der Waals surface area (Å²) in [5.74, 6) is 0.326. The van der Waals surface area contributed by atoms with E-state index >= 15 is 0 Å². The molecule has 2 aliphatic rings. The minimum atomic E-state index is -3.72. The molecule has 1 unspecified atom stereocenters. The number of carbonyl (C=O) groups excluding carboxylic acids is 1. The van der Waals surface area contributed by atoms with Gasteiger partial charge >= 0.3 is 0 Å². The molecule has 2 fully saturated rings. The molecule has 1 aromatic rings. The number of hydrogen-bond donors (Lipinski definition) is 1. The van der Waals surface area contributed by atoms with E-state index in [2.05, 4.69) is 11.4 Å². The van der Waals surface area contributed by atoms with E-state index in [1.807, 2.05) is 6.92 Å². The Labute approximate surface area is 166 Å². The molecule has 3 rings (SSSR count). The van der Waals surface area contributed by atoms with Gasteiger partial charge in [-0.1, -0.05) is 17.7 Å². The summed E-state index contributed by atoms with van der Waals surface area (Å²) in [4.78, 5) is 14.5. The summed E-state index contributed by atoms with van der Waals surface area (Å²) in [7, 11) is -3.72. The van der Waals surface area contributed by atoms with Crippen LogP contribution in [0, 0.1) is 24.2 Å². The van der Waals surface area contributed by atoms with Crippen LogP contribution in [0.5, 0.6) is 0 Å². The van der Waals surface area contributed by atoms with Gasteiger partial charge < -0.3 is 10.2 Å². The highest BCUT2D eigenvalue weighted by atomic mass is 32.2. The lowest BCUT2D eigenvalue weighted by molar-refractivity contribution is -0.133. The van der Waals surface area contributed by atoms with E-state index < -0.39 is 10.1 Å². The van der Waals surface area contributed by atoms with Crippen LogP contribution in [0.1, 0.15) is 37.7 Å². The van der Waals surface area contributed by atoms with Crippen molar-refractivity contribution in [3.8, 4) is 6.07 Å². The maximum Gasteiger partial charge on any atom is 0.296 e. The van der Waals surface area contributed by atoms with Gasteiger partial charge in [0.15, 0.2) is 0 Å². The number of nitrogens with zero attached hydrogens (tertiary/aromatic N) is 2. The summed E-state index contributed by atoms with van der Waals surface area (Å²) >= 11 is 0. The van der Waals surface area contributed by atoms with Gasteiger partial charge in [-0.05, 0) is 63.6 Å². The van der Waals surface area contributed by atoms with Crippen LogP contribution in [-0.2, 0) is 19.1 Å². The quantitative estimate of drug-likeness (QED) is 0.550. The molecule has 3 atom stereocenters. The summed E-state index contributed by atoms with van der Waals surface area (Å²) in [5, 5.41) is 12.4. The molecule has 152 valence electrons. The highest BCUT2D eigenvalue weighted by Crippen LogP contribution is 2.24. The van der Waals surface area contributed by atoms with Crippen LogP contribution >= 0.6 is 0 Å². The number of hydrogen-bond acceptors (Lipinski definition) is 6. The maximum absolute atomic E-state index is 12.6. The van der Waals surface area contributed by atoms with Crippen LogP contribution in [0.4, 0.5) is 0 Å². The van der Waals surface area contributed by atoms with Gasteiger partial charge in [0.1, 0.15) is 6.04 Å². The van der Waals surface area contributed by atoms with Gasteiger partial charge in [0, 0.05) is 6.54 Å². The largest absolute Gasteiger partial charge is 0.325 e. The van der Waals surface area contributed by atoms with Crippen molar-refractivity contribution in [2.75, 3.05) is 19.7 Å². The van der Waals surface area contributed by atoms with Crippen molar-refractivity contribution >= 4 is 16.0 Å². The monoisotopic (exact) mass is 405 g/mol. The number of aryl methyl sites for hydroxylation is 1. The molecule has 1 N–H and O–H groups in total. The predicted molar refractivity (Wildman–Crippen MR) is 104 cm³/mol. The van der Waals surface area contributed by atoms with E-state index in [-0.39, 0.29) is 29.5 Å². The van der Waals surface area contributed by atoms with E-state index in [1.165, 1.54) is 0 Å². The number of rotatable bonds is 7. The molecule has 2 saturated heterocycles. The van der Waals surface area contributed by atoms with Gasteiger partial charge in [-0.25, -0.2) is 0 Å². The van der Waals surface area contributed by atoms with Crippen molar-refractivity contribution in [1.82, 2.24) is 10.2 Å². The van der Waals surface area contributed by atoms with Crippen LogP contribution < -0.4 is 5.32 Å². The van der Waals surface area contributed by atoms with Gasteiger partial charge in [-0.3, -0.25) is 8.98 Å². The molecule has 2 heterocycles. The van der Waals surface area contributed by atoms with Crippen LogP contribution in [0.15, 0.2) is 29.2 Å². The maximum atomic E-state index is 12.6. The second-order valence-electron chi connectivity index (χ2n) is 7.61. The van der Waals surface area contributed by atoms with E-state index in [9.17, 15) is 13.2 Å². The van der Waals surface area contributed by atoms with Crippen molar-refractivity contribution in [3.05, 3.63) is 29.8 Å². The Morgan fingerprint density at radius 1 is 1.36 bits per heavy atom. The first-order valence-electron chi connectivity index (χ1n) is 9.80. The minimum Gasteiger partial charge on any atom is -0.325 e. The molecule has 1 amide bonds. The SMILES string of the molecule is Cc1ccc(S(=O)(=O)OCCC[C@@H]2CN[C@@H](C(=O)N3CCCC3C#N)C2)cc1. The smallest absolute Gasteiger partial charge is 0.296 e. The van der Waals surface area contributed by atoms with Crippen LogP contribution in [0.2, 0.25) is 0 Å². The Balaban J connectivity index is 1.41. The Kier molecular flexibility index (Phi) is 6.70. The summed E-state index contributed by atoms with van der Waals surface area (Å²) in [5.41, 5.74) is 0.992. The van der Waals surface area contributed by atoms with Crippen LogP contribution in [0.25, 0.3) is 0 Å². The highest BCUT2D eigenvalue weighted by Gasteiger charge is 2.36. The lowest BCUT2D eigenvalue weighted by Gasteiger charge is -2.23. The van der Waals surface area contributed by atoms with Gasteiger partial charge in [-0.15, -0.1) is 0 Å². The number of amides is 1. The molecule has 8 heteroatoms. The fourth-order valence-corrected chi connectivity index (χ4v) is 4.84. The lowest BCUT2D eigenvalue weighted by Crippen LogP contribution is -2.45. The number of nitriles is 1. The van der Waals surface area contributed by atoms with E-state index in [0.717, 1.165) is 37.8 Å². The normalized spacial score (nSPS) is 25.0. The van der Waals surface area contributed by atoms with Gasteiger partial charge in [0.2, 0.25) is 5.91 Å². The molecule has 0 aliphatic carbocycles. The molecule has 0 radical (unpaired) electrons. The van der Waals surface area contributed by atoms with Gasteiger partial charge in [0.25, 0.3) is 10.1 Å². The molecule has 0 spiro atoms. The number of nitrogens with one attached hydrogen (secondary N) is 1. The highest BCUT2D eigenvalue weighted by molar-refractivity contribution is 7.86. The first kappa shape index (κ1) is 20.8. The first-order valence-corrected chi connectivity index (χ1v) is 11.2. The van der Waals surface area contributed by atoms with Gasteiger partial charge in [-0.2, -0.15) is 13.7 Å². The molecule has 7 nitrogen and oxygen atoms in total. The second kappa shape index (κ2) is 9.03. The zero-order valence-electron chi connectivity index (χ0n) is 16.1. The topological polar surface area (TPSA) is 99.5 Å². The Bertz CT molecular complexity index is 832. The van der Waals surface area contributed by atoms with Crippen molar-refractivity contribution in [2.45, 2.75) is 56.0 Å². The van der Waals surface area contributed by atoms with Crippen molar-refractivity contribution in [3.63, 3.8) is 0 Å². The zero-order valence-corrected chi connectivity index (χ0v) is 17.0. The number of benzene rings is 1. The molecule has 0 bridgehead atoms. The van der Waals surface area contributed by atoms with E-state index in [0.29, 0.717) is 18.9 Å². The Morgan fingerprint density at radius 2 is 2.11 bits per heavy atom. The minimum absolute atomic E-state index is 0.0183. The van der Waals surface area contributed by atoms with E-state index in [1.54, 1.807) is 29.2 Å². The zero-order chi connectivity index (χ0) is 20.1. The Morgan fingerprint density at radius 3 is 2.82 bits per heavy atom. The standard InChI is InChI=1S/C20H27N3O4S/c1-15-6-8-18(9-7-15)28(25,26)27-11-3-4-16-12-19(22-14-16)20(24)23-10-2-5-17(23)13-21/h6-9,16-17,19,22H,2-5,10-12,14H2,1H3/t16-,17?,19+/m0/s1. The third-order valence-corrected chi connectivity index (χ3v) is 6.84. The average molecular weight is 406 g/mol. The lowest BCUT2D eigenvalue weighted by atomic mass is 9.99. The predicted octanol–water partition coefficient (Wildman–Crippen LogP) is 1.97. The van der Waals surface area contributed by atoms with Crippen LogP contribution in [0.3, 0.4) is 0 Å². The van der Waals surface area contributed by atoms with Gasteiger partial charge in [0.05, 0.1) is 23.6 Å². The van der Waals surface area contributed by atoms with Crippen molar-refractivity contribution in [2.24, 2.45) is 5.92 Å². The molecule has 0 aromatic heterocycles. The fraction of sp³-hybridized carbons (Fsp3) is 0.600. The molecular formula is C20H27N3O4S. The third-order valence-electron chi connectivity index (χ3n) is 5.51. The number of carbonyl (C=O) groups is 1. The third kappa shape index (κ3) is 4.90. The molecule has 0 saturated carbocycles. The van der Waals surface area contributed by atoms with E-state index in [4.69, 9.17) is 9.44 Å². The molecule has 28 heavy (non-hydrogen) atoms. The molecule has 2 aliphatic heterocycles. The van der Waals surface area contributed by atoms with Crippen molar-refractivity contribution < 1.29 is 17.4 Å². The second-order valence-corrected chi connectivity index (χ2v) is 9.23. The van der Waals surface area contributed by atoms with Crippen LogP contribution in [-0.4, -0.2) is 51.0 Å². The summed E-state index contributed by atoms with van der Waals surface area (Å²) < 4.78 is 29.5. The molecular weight excluding hydrogens is 378 g/mol. The summed E-state index contributed by atoms with van der Waals surface area (Å²) in [6.07, 6.45) is 3.76. The molecule has 1 aromatic carbocycles. The fourth-order valence-electron chi connectivity index (χ4n) is 3.90. The number of likely N-dealkylation sites (tertiary alicyclic amines) is 1. The Hall–Kier alpha value is -1.95.